The van der Waals surface area contributed by atoms with Crippen LogP contribution >= 0.6 is 11.6 Å². The average Bonchev–Trinajstić information content (AvgIpc) is 2.73. The lowest BCUT2D eigenvalue weighted by atomic mass is 9.94. The lowest BCUT2D eigenvalue weighted by molar-refractivity contribution is -0.149. The van der Waals surface area contributed by atoms with Crippen molar-refractivity contribution in [2.45, 2.75) is 19.8 Å². The van der Waals surface area contributed by atoms with Gasteiger partial charge >= 0.3 is 5.97 Å². The van der Waals surface area contributed by atoms with E-state index in [1.165, 1.54) is 0 Å². The van der Waals surface area contributed by atoms with Crippen LogP contribution < -0.4 is 0 Å². The summed E-state index contributed by atoms with van der Waals surface area (Å²) in [6.07, 6.45) is 1.13. The molecule has 146 valence electrons. The molecule has 1 amide bonds. The first-order valence-electron chi connectivity index (χ1n) is 9.36. The smallest absolute Gasteiger partial charge is 0.309 e. The maximum absolute atomic E-state index is 13.0. The Morgan fingerprint density at radius 1 is 1.00 bits per heavy atom. The molecule has 5 nitrogen and oxygen atoms in total. The highest BCUT2D eigenvalue weighted by Gasteiger charge is 2.30. The highest BCUT2D eigenvalue weighted by atomic mass is 35.5. The summed E-state index contributed by atoms with van der Waals surface area (Å²) in [5, 5.41) is 0.547. The van der Waals surface area contributed by atoms with Crippen LogP contribution in [0, 0.1) is 5.92 Å². The summed E-state index contributed by atoms with van der Waals surface area (Å²) in [5.41, 5.74) is 1.21. The van der Waals surface area contributed by atoms with Crippen LogP contribution in [0.15, 0.2) is 48.5 Å². The largest absolute Gasteiger partial charge is 0.466 e. The Morgan fingerprint density at radius 3 is 2.21 bits per heavy atom. The van der Waals surface area contributed by atoms with Gasteiger partial charge in [0.2, 0.25) is 0 Å². The first-order chi connectivity index (χ1) is 13.5. The third kappa shape index (κ3) is 4.42. The number of ketones is 1. The highest BCUT2D eigenvalue weighted by molar-refractivity contribution is 6.30. The van der Waals surface area contributed by atoms with Gasteiger partial charge in [0.05, 0.1) is 18.1 Å². The van der Waals surface area contributed by atoms with Gasteiger partial charge in [-0.1, -0.05) is 29.8 Å². The number of halogens is 1. The van der Waals surface area contributed by atoms with Crippen molar-refractivity contribution in [3.8, 4) is 0 Å². The van der Waals surface area contributed by atoms with Crippen molar-refractivity contribution in [2.75, 3.05) is 19.7 Å². The van der Waals surface area contributed by atoms with Crippen LogP contribution in [-0.4, -0.2) is 42.3 Å². The Balaban J connectivity index is 1.76. The van der Waals surface area contributed by atoms with Crippen LogP contribution in [-0.2, 0) is 9.53 Å². The summed E-state index contributed by atoms with van der Waals surface area (Å²) < 4.78 is 5.07. The third-order valence-corrected chi connectivity index (χ3v) is 5.16. The second-order valence-electron chi connectivity index (χ2n) is 6.70. The summed E-state index contributed by atoms with van der Waals surface area (Å²) in [5.74, 6) is -0.787. The zero-order valence-corrected chi connectivity index (χ0v) is 16.4. The van der Waals surface area contributed by atoms with Crippen LogP contribution in [0.4, 0.5) is 0 Å². The molecular formula is C22H22ClNO4. The van der Waals surface area contributed by atoms with Crippen LogP contribution in [0.5, 0.6) is 0 Å². The van der Waals surface area contributed by atoms with E-state index in [0.717, 1.165) is 0 Å². The van der Waals surface area contributed by atoms with E-state index in [4.69, 9.17) is 16.3 Å². The molecule has 0 aliphatic carbocycles. The first-order valence-corrected chi connectivity index (χ1v) is 9.74. The molecule has 6 heteroatoms. The summed E-state index contributed by atoms with van der Waals surface area (Å²) in [6, 6.07) is 13.4. The van der Waals surface area contributed by atoms with E-state index in [-0.39, 0.29) is 23.6 Å². The van der Waals surface area contributed by atoms with Crippen LogP contribution in [0.3, 0.4) is 0 Å². The molecule has 2 aromatic rings. The van der Waals surface area contributed by atoms with Crippen molar-refractivity contribution in [3.05, 3.63) is 70.2 Å². The van der Waals surface area contributed by atoms with Gasteiger partial charge in [-0.25, -0.2) is 0 Å². The highest BCUT2D eigenvalue weighted by Crippen LogP contribution is 2.23. The Kier molecular flexibility index (Phi) is 6.47. The standard InChI is InChI=1S/C22H22ClNO4/c1-2-28-22(27)16-11-13-24(14-12-16)21(26)19-6-4-3-5-18(19)20(25)15-7-9-17(23)10-8-15/h3-10,16H,2,11-14H2,1H3. The zero-order chi connectivity index (χ0) is 20.1. The fourth-order valence-corrected chi connectivity index (χ4v) is 3.50. The molecule has 0 saturated carbocycles. The van der Waals surface area contributed by atoms with Gasteiger partial charge < -0.3 is 9.64 Å². The number of carbonyl (C=O) groups is 3. The molecule has 0 aromatic heterocycles. The fourth-order valence-electron chi connectivity index (χ4n) is 3.37. The number of ether oxygens (including phenoxy) is 1. The van der Waals surface area contributed by atoms with Crippen LogP contribution in [0.25, 0.3) is 0 Å². The Labute approximate surface area is 169 Å². The van der Waals surface area contributed by atoms with Crippen LogP contribution in [0.2, 0.25) is 5.02 Å². The number of esters is 1. The van der Waals surface area contributed by atoms with Gasteiger partial charge in [0.15, 0.2) is 5.78 Å². The van der Waals surface area contributed by atoms with Gasteiger partial charge in [-0.15, -0.1) is 0 Å². The van der Waals surface area contributed by atoms with E-state index in [2.05, 4.69) is 0 Å². The van der Waals surface area contributed by atoms with Gasteiger partial charge in [-0.2, -0.15) is 0 Å². The van der Waals surface area contributed by atoms with Gasteiger partial charge in [-0.05, 0) is 50.1 Å². The molecule has 1 fully saturated rings. The van der Waals surface area contributed by atoms with Gasteiger partial charge in [-0.3, -0.25) is 14.4 Å². The number of benzene rings is 2. The van der Waals surface area contributed by atoms with Gasteiger partial charge in [0.25, 0.3) is 5.91 Å². The SMILES string of the molecule is CCOC(=O)C1CCN(C(=O)c2ccccc2C(=O)c2ccc(Cl)cc2)CC1. The normalized spacial score (nSPS) is 14.6. The molecule has 0 spiro atoms. The minimum absolute atomic E-state index is 0.171. The molecule has 3 rings (SSSR count). The van der Waals surface area contributed by atoms with Gasteiger partial charge in [0.1, 0.15) is 0 Å². The van der Waals surface area contributed by atoms with E-state index in [0.29, 0.717) is 54.3 Å². The van der Waals surface area contributed by atoms with E-state index >= 15 is 0 Å². The Hall–Kier alpha value is -2.66. The monoisotopic (exact) mass is 399 g/mol. The van der Waals surface area contributed by atoms with Crippen molar-refractivity contribution in [3.63, 3.8) is 0 Å². The number of hydrogen-bond donors (Lipinski definition) is 0. The minimum atomic E-state index is -0.220. The van der Waals surface area contributed by atoms with Crippen molar-refractivity contribution in [1.29, 1.82) is 0 Å². The third-order valence-electron chi connectivity index (χ3n) is 4.91. The summed E-state index contributed by atoms with van der Waals surface area (Å²) in [6.45, 7) is 3.07. The first kappa shape index (κ1) is 20.1. The van der Waals surface area contributed by atoms with Crippen LogP contribution in [0.1, 0.15) is 46.0 Å². The number of piperidine rings is 1. The molecule has 1 saturated heterocycles. The maximum Gasteiger partial charge on any atom is 0.309 e. The predicted molar refractivity (Wildman–Crippen MR) is 107 cm³/mol. The molecule has 0 atom stereocenters. The van der Waals surface area contributed by atoms with Gasteiger partial charge in [0, 0.05) is 29.2 Å². The van der Waals surface area contributed by atoms with Crippen molar-refractivity contribution in [1.82, 2.24) is 4.90 Å². The quantitative estimate of drug-likeness (QED) is 0.563. The van der Waals surface area contributed by atoms with Crippen molar-refractivity contribution in [2.24, 2.45) is 5.92 Å². The number of hydrogen-bond acceptors (Lipinski definition) is 4. The summed E-state index contributed by atoms with van der Waals surface area (Å²) in [4.78, 5) is 39.5. The molecule has 28 heavy (non-hydrogen) atoms. The number of amides is 1. The second-order valence-corrected chi connectivity index (χ2v) is 7.14. The Bertz CT molecular complexity index is 870. The van der Waals surface area contributed by atoms with E-state index in [1.54, 1.807) is 60.4 Å². The van der Waals surface area contributed by atoms with E-state index in [1.807, 2.05) is 0 Å². The Morgan fingerprint density at radius 2 is 1.61 bits per heavy atom. The van der Waals surface area contributed by atoms with E-state index in [9.17, 15) is 14.4 Å². The zero-order valence-electron chi connectivity index (χ0n) is 15.7. The molecule has 1 aliphatic heterocycles. The molecule has 0 N–H and O–H groups in total. The lowest BCUT2D eigenvalue weighted by Crippen LogP contribution is -2.41. The minimum Gasteiger partial charge on any atom is -0.466 e. The van der Waals surface area contributed by atoms with E-state index < -0.39 is 0 Å². The lowest BCUT2D eigenvalue weighted by Gasteiger charge is -2.31. The number of nitrogens with zero attached hydrogens (tertiary/aromatic N) is 1. The second kappa shape index (κ2) is 9.02. The molecule has 0 radical (unpaired) electrons. The predicted octanol–water partition coefficient (Wildman–Crippen LogP) is 3.99. The molecule has 1 heterocycles. The number of carbonyl (C=O) groups excluding carboxylic acids is 3. The van der Waals surface area contributed by atoms with Crippen molar-refractivity contribution < 1.29 is 19.1 Å². The maximum atomic E-state index is 13.0. The molecule has 0 unspecified atom stereocenters. The van der Waals surface area contributed by atoms with Crippen molar-refractivity contribution >= 4 is 29.3 Å². The number of rotatable bonds is 5. The fraction of sp³-hybridized carbons (Fsp3) is 0.318. The molecule has 1 aliphatic rings. The molecule has 0 bridgehead atoms. The molecular weight excluding hydrogens is 378 g/mol. The topological polar surface area (TPSA) is 63.7 Å². The number of likely N-dealkylation sites (tertiary alicyclic amines) is 1. The summed E-state index contributed by atoms with van der Waals surface area (Å²) >= 11 is 5.89. The average molecular weight is 400 g/mol. The molecule has 2 aromatic carbocycles. The summed E-state index contributed by atoms with van der Waals surface area (Å²) in [7, 11) is 0.